The van der Waals surface area contributed by atoms with Gasteiger partial charge in [-0.1, -0.05) is 66.6 Å². The van der Waals surface area contributed by atoms with Crippen LogP contribution in [-0.4, -0.2) is 23.4 Å². The van der Waals surface area contributed by atoms with E-state index >= 15 is 0 Å². The molecule has 3 rings (SSSR count). The van der Waals surface area contributed by atoms with Crippen molar-refractivity contribution in [1.82, 2.24) is 4.90 Å². The van der Waals surface area contributed by atoms with Gasteiger partial charge in [-0.05, 0) is 37.5 Å². The van der Waals surface area contributed by atoms with Crippen LogP contribution in [0.15, 0.2) is 59.8 Å². The van der Waals surface area contributed by atoms with Crippen LogP contribution >= 0.6 is 11.6 Å². The lowest BCUT2D eigenvalue weighted by atomic mass is 9.82. The summed E-state index contributed by atoms with van der Waals surface area (Å²) in [5.41, 5.74) is 4.20. The highest BCUT2D eigenvalue weighted by Crippen LogP contribution is 2.41. The van der Waals surface area contributed by atoms with Crippen molar-refractivity contribution in [3.63, 3.8) is 0 Å². The Morgan fingerprint density at radius 2 is 1.93 bits per heavy atom. The summed E-state index contributed by atoms with van der Waals surface area (Å²) in [6.45, 7) is 6.48. The molecule has 0 N–H and O–H groups in total. The van der Waals surface area contributed by atoms with Gasteiger partial charge in [0.05, 0.1) is 18.7 Å². The predicted molar refractivity (Wildman–Crippen MR) is 114 cm³/mol. The number of benzene rings is 2. The molecule has 0 radical (unpaired) electrons. The molecule has 2 aromatic carbocycles. The number of carbonyl (C=O) groups is 2. The average molecular weight is 412 g/mol. The van der Waals surface area contributed by atoms with Crippen LogP contribution in [0.25, 0.3) is 0 Å². The highest BCUT2D eigenvalue weighted by molar-refractivity contribution is 6.31. The maximum atomic E-state index is 13.2. The lowest BCUT2D eigenvalue weighted by Crippen LogP contribution is -2.39. The molecule has 2 aromatic rings. The zero-order valence-electron chi connectivity index (χ0n) is 17.1. The number of halogens is 1. The van der Waals surface area contributed by atoms with Gasteiger partial charge in [-0.3, -0.25) is 4.79 Å². The van der Waals surface area contributed by atoms with Gasteiger partial charge in [0.15, 0.2) is 0 Å². The van der Waals surface area contributed by atoms with Gasteiger partial charge in [0.25, 0.3) is 0 Å². The molecule has 1 heterocycles. The van der Waals surface area contributed by atoms with Crippen molar-refractivity contribution in [2.24, 2.45) is 0 Å². The van der Waals surface area contributed by atoms with Gasteiger partial charge >= 0.3 is 5.97 Å². The van der Waals surface area contributed by atoms with E-state index in [1.54, 1.807) is 17.9 Å². The van der Waals surface area contributed by atoms with E-state index in [-0.39, 0.29) is 24.9 Å². The van der Waals surface area contributed by atoms with Crippen LogP contribution in [0.4, 0.5) is 0 Å². The molecule has 0 unspecified atom stereocenters. The Labute approximate surface area is 177 Å². The normalized spacial score (nSPS) is 16.9. The second-order valence-corrected chi connectivity index (χ2v) is 7.59. The topological polar surface area (TPSA) is 46.6 Å². The number of ether oxygens (including phenoxy) is 1. The minimum absolute atomic E-state index is 0.0127. The fraction of sp³-hybridized carbons (Fsp3) is 0.333. The van der Waals surface area contributed by atoms with E-state index in [0.29, 0.717) is 29.3 Å². The van der Waals surface area contributed by atoms with Gasteiger partial charge in [0.2, 0.25) is 5.91 Å². The maximum Gasteiger partial charge on any atom is 0.336 e. The molecule has 152 valence electrons. The Hall–Kier alpha value is -2.59. The minimum atomic E-state index is -0.404. The molecule has 1 aliphatic heterocycles. The molecule has 0 bridgehead atoms. The molecule has 0 saturated carbocycles. The van der Waals surface area contributed by atoms with Gasteiger partial charge in [0.1, 0.15) is 0 Å². The zero-order valence-corrected chi connectivity index (χ0v) is 17.8. The van der Waals surface area contributed by atoms with Gasteiger partial charge in [-0.15, -0.1) is 0 Å². The summed E-state index contributed by atoms with van der Waals surface area (Å²) in [5.74, 6) is -0.795. The Kier molecular flexibility index (Phi) is 6.75. The molecule has 0 saturated heterocycles. The largest absolute Gasteiger partial charge is 0.463 e. The van der Waals surface area contributed by atoms with E-state index < -0.39 is 5.92 Å². The number of hydrogen-bond acceptors (Lipinski definition) is 3. The lowest BCUT2D eigenvalue weighted by molar-refractivity contribution is -0.140. The first-order chi connectivity index (χ1) is 14.0. The first kappa shape index (κ1) is 21.1. The fourth-order valence-electron chi connectivity index (χ4n) is 3.93. The number of hydrogen-bond donors (Lipinski definition) is 0. The van der Waals surface area contributed by atoms with E-state index in [9.17, 15) is 9.59 Å². The number of nitrogens with zero attached hydrogens (tertiary/aromatic N) is 1. The molecule has 4 nitrogen and oxygen atoms in total. The van der Waals surface area contributed by atoms with Crippen LogP contribution in [0.5, 0.6) is 0 Å². The third-order valence-electron chi connectivity index (χ3n) is 5.20. The smallest absolute Gasteiger partial charge is 0.336 e. The summed E-state index contributed by atoms with van der Waals surface area (Å²) in [4.78, 5) is 27.9. The Bertz CT molecular complexity index is 951. The molecule has 0 spiro atoms. The fourth-order valence-corrected chi connectivity index (χ4v) is 4.20. The van der Waals surface area contributed by atoms with Crippen molar-refractivity contribution in [3.05, 3.63) is 81.5 Å². The van der Waals surface area contributed by atoms with Crippen molar-refractivity contribution in [1.29, 1.82) is 0 Å². The van der Waals surface area contributed by atoms with Crippen molar-refractivity contribution in [2.75, 3.05) is 6.61 Å². The number of esters is 1. The summed E-state index contributed by atoms with van der Waals surface area (Å²) in [6.07, 6.45) is 0.736. The zero-order chi connectivity index (χ0) is 21.0. The van der Waals surface area contributed by atoms with Gasteiger partial charge in [0, 0.05) is 23.1 Å². The summed E-state index contributed by atoms with van der Waals surface area (Å²) < 4.78 is 5.38. The Morgan fingerprint density at radius 3 is 2.59 bits per heavy atom. The Morgan fingerprint density at radius 1 is 1.17 bits per heavy atom. The summed E-state index contributed by atoms with van der Waals surface area (Å²) in [5, 5.41) is 0.551. The van der Waals surface area contributed by atoms with Crippen LogP contribution < -0.4 is 0 Å². The lowest BCUT2D eigenvalue weighted by Gasteiger charge is -2.36. The van der Waals surface area contributed by atoms with Crippen molar-refractivity contribution in [2.45, 2.75) is 46.1 Å². The van der Waals surface area contributed by atoms with Crippen molar-refractivity contribution >= 4 is 23.5 Å². The first-order valence-corrected chi connectivity index (χ1v) is 10.3. The van der Waals surface area contributed by atoms with E-state index in [2.05, 4.69) is 6.07 Å². The summed E-state index contributed by atoms with van der Waals surface area (Å²) in [6, 6.07) is 15.4. The van der Waals surface area contributed by atoms with E-state index in [4.69, 9.17) is 16.3 Å². The highest BCUT2D eigenvalue weighted by atomic mass is 35.5. The SMILES string of the molecule is CCOC(=O)C1=C(CC)N(Cc2cccc(C)c2)C(=O)C[C@@H]1c1ccccc1Cl. The van der Waals surface area contributed by atoms with Crippen LogP contribution in [0, 0.1) is 6.92 Å². The molecule has 1 amide bonds. The molecule has 0 aromatic heterocycles. The van der Waals surface area contributed by atoms with E-state index in [1.165, 1.54) is 0 Å². The number of aryl methyl sites for hydroxylation is 1. The van der Waals surface area contributed by atoms with Crippen LogP contribution in [0.3, 0.4) is 0 Å². The number of allylic oxidation sites excluding steroid dienone is 1. The minimum Gasteiger partial charge on any atom is -0.463 e. The second-order valence-electron chi connectivity index (χ2n) is 7.18. The third kappa shape index (κ3) is 4.54. The van der Waals surface area contributed by atoms with Crippen LogP contribution in [0.2, 0.25) is 5.02 Å². The average Bonchev–Trinajstić information content (AvgIpc) is 2.69. The van der Waals surface area contributed by atoms with Gasteiger partial charge < -0.3 is 9.64 Å². The number of carbonyl (C=O) groups excluding carboxylic acids is 2. The van der Waals surface area contributed by atoms with Crippen molar-refractivity contribution in [3.8, 4) is 0 Å². The van der Waals surface area contributed by atoms with E-state index in [1.807, 2.05) is 50.2 Å². The van der Waals surface area contributed by atoms with Crippen molar-refractivity contribution < 1.29 is 14.3 Å². The molecule has 1 aliphatic rings. The number of rotatable bonds is 6. The van der Waals surface area contributed by atoms with Gasteiger partial charge in [-0.25, -0.2) is 4.79 Å². The van der Waals surface area contributed by atoms with Gasteiger partial charge in [-0.2, -0.15) is 0 Å². The standard InChI is InChI=1S/C24H26ClNO3/c1-4-21-23(24(28)29-5-2)19(18-11-6-7-12-20(18)25)14-22(27)26(21)15-17-10-8-9-16(3)13-17/h6-13,19H,4-5,14-15H2,1-3H3/t19-/m1/s1. The molecule has 29 heavy (non-hydrogen) atoms. The highest BCUT2D eigenvalue weighted by Gasteiger charge is 2.38. The monoisotopic (exact) mass is 411 g/mol. The predicted octanol–water partition coefficient (Wildman–Crippen LogP) is 5.39. The third-order valence-corrected chi connectivity index (χ3v) is 5.54. The summed E-state index contributed by atoms with van der Waals surface area (Å²) >= 11 is 6.43. The van der Waals surface area contributed by atoms with Crippen LogP contribution in [-0.2, 0) is 20.9 Å². The molecule has 0 aliphatic carbocycles. The molecular weight excluding hydrogens is 386 g/mol. The molecule has 5 heteroatoms. The van der Waals surface area contributed by atoms with E-state index in [0.717, 1.165) is 16.7 Å². The second kappa shape index (κ2) is 9.27. The quantitative estimate of drug-likeness (QED) is 0.598. The molecular formula is C24H26ClNO3. The summed E-state index contributed by atoms with van der Waals surface area (Å²) in [7, 11) is 0. The Balaban J connectivity index is 2.10. The maximum absolute atomic E-state index is 13.2. The first-order valence-electron chi connectivity index (χ1n) is 9.96. The van der Waals surface area contributed by atoms with Crippen LogP contribution in [0.1, 0.15) is 49.3 Å². The number of amides is 1. The molecule has 0 fully saturated rings. The molecule has 1 atom stereocenters.